The summed E-state index contributed by atoms with van der Waals surface area (Å²) in [7, 11) is 18.5. The molecule has 68 heavy (non-hydrogen) atoms. The van der Waals surface area contributed by atoms with Crippen LogP contribution in [0, 0.1) is 47.3 Å². The van der Waals surface area contributed by atoms with Crippen molar-refractivity contribution in [3.8, 4) is 22.3 Å². The van der Waals surface area contributed by atoms with Crippen LogP contribution in [0.15, 0.2) is 96.1 Å². The van der Waals surface area contributed by atoms with Crippen molar-refractivity contribution in [3.05, 3.63) is 129 Å². The van der Waals surface area contributed by atoms with E-state index in [2.05, 4.69) is 110 Å². The molecule has 10 saturated carbocycles. The first-order chi connectivity index (χ1) is 33.0. The van der Waals surface area contributed by atoms with E-state index in [9.17, 15) is 17.0 Å². The molecule has 0 N–H and O–H groups in total. The molecule has 12 aliphatic rings. The normalized spacial score (nSPS) is 35.2. The first-order valence-corrected chi connectivity index (χ1v) is 44.8. The van der Waals surface area contributed by atoms with Crippen molar-refractivity contribution in [2.75, 3.05) is 0 Å². The van der Waals surface area contributed by atoms with Crippen LogP contribution in [0.2, 0.25) is 13.1 Å². The van der Waals surface area contributed by atoms with Crippen LogP contribution in [0.5, 0.6) is 0 Å². The average molecular weight is 1040 g/mol. The molecule has 0 amide bonds. The van der Waals surface area contributed by atoms with Crippen molar-refractivity contribution in [1.82, 2.24) is 0 Å². The monoisotopic (exact) mass is 1030 g/mol. The van der Waals surface area contributed by atoms with Gasteiger partial charge in [-0.1, -0.05) is 0 Å². The maximum atomic E-state index is 9.25. The summed E-state index contributed by atoms with van der Waals surface area (Å²) in [5, 5.41) is 0. The molecule has 0 saturated heterocycles. The molecule has 12 aliphatic carbocycles. The minimum atomic E-state index is -5.03. The number of benzene rings is 4. The molecule has 0 aliphatic heterocycles. The van der Waals surface area contributed by atoms with E-state index in [4.69, 9.17) is 0 Å². The van der Waals surface area contributed by atoms with Crippen LogP contribution < -0.4 is 0 Å². The molecule has 8 bridgehead atoms. The van der Waals surface area contributed by atoms with E-state index < -0.39 is 21.5 Å². The summed E-state index contributed by atoms with van der Waals surface area (Å²) in [6.07, 6.45) is 36.1. The molecule has 4 aromatic rings. The Hall–Kier alpha value is -1.96. The quantitative estimate of drug-likeness (QED) is 0.131. The van der Waals surface area contributed by atoms with Crippen LogP contribution in [-0.2, 0) is 26.4 Å². The summed E-state index contributed by atoms with van der Waals surface area (Å²) >= 11 is -5.03. The third-order valence-electron chi connectivity index (χ3n) is 22.2. The van der Waals surface area contributed by atoms with Gasteiger partial charge in [0.15, 0.2) is 0 Å². The zero-order chi connectivity index (χ0) is 45.6. The van der Waals surface area contributed by atoms with Crippen LogP contribution in [0.4, 0.5) is 0 Å². The molecule has 0 nitrogen and oxygen atoms in total. The first-order valence-electron chi connectivity index (χ1n) is 28.5. The zero-order valence-electron chi connectivity index (χ0n) is 41.4. The Morgan fingerprint density at radius 3 is 1.13 bits per heavy atom. The number of halogens is 2. The fraction of sp³-hybridized carbons (Fsp3) is 0.562. The third-order valence-corrected chi connectivity index (χ3v) is 74.0. The van der Waals surface area contributed by atoms with E-state index in [0.717, 1.165) is 60.2 Å². The Morgan fingerprint density at radius 2 is 0.809 bits per heavy atom. The molecule has 0 spiro atoms. The van der Waals surface area contributed by atoms with Gasteiger partial charge < -0.3 is 0 Å². The Morgan fingerprint density at radius 1 is 0.471 bits per heavy atom. The molecule has 16 rings (SSSR count). The summed E-state index contributed by atoms with van der Waals surface area (Å²) in [6.45, 7) is 5.17. The molecule has 0 aromatic heterocycles. The second kappa shape index (κ2) is 16.5. The van der Waals surface area contributed by atoms with E-state index in [0.29, 0.717) is 10.8 Å². The van der Waals surface area contributed by atoms with Gasteiger partial charge in [-0.05, 0) is 0 Å². The number of allylic oxidation sites excluding steroid dienone is 2. The number of fused-ring (bicyclic) bond motifs is 2. The van der Waals surface area contributed by atoms with Crippen LogP contribution in [0.25, 0.3) is 34.4 Å². The van der Waals surface area contributed by atoms with Crippen LogP contribution >= 0.6 is 17.0 Å². The van der Waals surface area contributed by atoms with Gasteiger partial charge in [-0.15, -0.1) is 0 Å². The second-order valence-electron chi connectivity index (χ2n) is 26.6. The number of hydrogen-bond acceptors (Lipinski definition) is 0. The van der Waals surface area contributed by atoms with Gasteiger partial charge in [-0.2, -0.15) is 0 Å². The van der Waals surface area contributed by atoms with E-state index in [1.54, 1.807) is 22.3 Å². The Balaban J connectivity index is 0.865. The van der Waals surface area contributed by atoms with Crippen molar-refractivity contribution < 1.29 is 15.6 Å². The van der Waals surface area contributed by atoms with Gasteiger partial charge in [0.25, 0.3) is 0 Å². The predicted molar refractivity (Wildman–Crippen MR) is 289 cm³/mol. The van der Waals surface area contributed by atoms with Crippen molar-refractivity contribution in [2.45, 2.75) is 172 Å². The molecule has 355 valence electrons. The van der Waals surface area contributed by atoms with Crippen LogP contribution in [0.3, 0.4) is 0 Å². The molecular formula is C64H77Cl2SiZr. The molecule has 0 radical (unpaired) electrons. The van der Waals surface area contributed by atoms with Gasteiger partial charge in [0.2, 0.25) is 0 Å². The second-order valence-corrected chi connectivity index (χ2v) is 69.1. The summed E-state index contributed by atoms with van der Waals surface area (Å²) in [6, 6.07) is 34.9. The van der Waals surface area contributed by atoms with E-state index in [-0.39, 0.29) is 7.25 Å². The number of hydrogen-bond donors (Lipinski definition) is 0. The predicted octanol–water partition coefficient (Wildman–Crippen LogP) is 18.7. The maximum absolute atomic E-state index is 9.25. The van der Waals surface area contributed by atoms with E-state index in [1.807, 2.05) is 0 Å². The average Bonchev–Trinajstić information content (AvgIpc) is 4.16. The minimum absolute atomic E-state index is 0.152. The molecular weight excluding hydrogens is 959 g/mol. The zero-order valence-corrected chi connectivity index (χ0v) is 46.5. The van der Waals surface area contributed by atoms with Crippen LogP contribution in [-0.4, -0.2) is 5.92 Å². The first kappa shape index (κ1) is 44.7. The fourth-order valence-corrected chi connectivity index (χ4v) is 51.3. The van der Waals surface area contributed by atoms with Gasteiger partial charge in [0.05, 0.1) is 0 Å². The molecule has 2 unspecified atom stereocenters. The van der Waals surface area contributed by atoms with Gasteiger partial charge >= 0.3 is 422 Å². The summed E-state index contributed by atoms with van der Waals surface area (Å²) in [5.74, 6) is 5.53. The van der Waals surface area contributed by atoms with Crippen LogP contribution in [0.1, 0.15) is 182 Å². The van der Waals surface area contributed by atoms with Gasteiger partial charge in [0, 0.05) is 0 Å². The molecule has 2 atom stereocenters. The van der Waals surface area contributed by atoms with Gasteiger partial charge in [-0.25, -0.2) is 0 Å². The molecule has 10 fully saturated rings. The summed E-state index contributed by atoms with van der Waals surface area (Å²) in [5.41, 5.74) is 18.7. The number of rotatable bonds is 11. The molecule has 0 heterocycles. The SMILES string of the molecule is C[SiH](C)[Zr]([Cl])([Cl])([CH]1C(CC2CCCC2)=Cc2c(-c3ccc(C45CC6CC(CC(C6)C4)C5)cc3)cccc21)[CH]1C(CC2CCCC2)=Cc2c(-c3ccc(C45CC6CC(CC(C6)C4)C5)cc3)cccc21. The fourth-order valence-electron chi connectivity index (χ4n) is 20.0. The van der Waals surface area contributed by atoms with Crippen molar-refractivity contribution in [1.29, 1.82) is 0 Å². The Labute approximate surface area is 418 Å². The van der Waals surface area contributed by atoms with E-state index >= 15 is 0 Å². The topological polar surface area (TPSA) is 0 Å². The van der Waals surface area contributed by atoms with Gasteiger partial charge in [-0.3, -0.25) is 0 Å². The van der Waals surface area contributed by atoms with Crippen molar-refractivity contribution >= 4 is 35.1 Å². The standard InChI is InChI=1S/2C31H35.C2H7Si.2ClH.Zr/c2*1-2-5-21(4-1)12-22-16-27-6-3-7-29(30(27)17-22)26-8-10-28(11-9-26)31-18-23-13-24(19-31)15-25(14-23)20-31;1-3-2;;;/h2*3,6-11,16-17,21,23-25H,1-2,4-5,12-15,18-20H2;3H,1-2H3;2*1H;/q;;;;;+2/p-2. The van der Waals surface area contributed by atoms with Crippen molar-refractivity contribution in [3.63, 3.8) is 0 Å². The Kier molecular flexibility index (Phi) is 10.9. The van der Waals surface area contributed by atoms with Gasteiger partial charge in [0.1, 0.15) is 0 Å². The van der Waals surface area contributed by atoms with E-state index in [1.165, 1.54) is 173 Å². The summed E-state index contributed by atoms with van der Waals surface area (Å²) in [4.78, 5) is 0. The molecule has 4 aromatic carbocycles. The third kappa shape index (κ3) is 7.05. The molecule has 4 heteroatoms. The Bertz CT molecular complexity index is 2440. The van der Waals surface area contributed by atoms with Crippen molar-refractivity contribution in [2.24, 2.45) is 47.3 Å². The summed E-state index contributed by atoms with van der Waals surface area (Å²) < 4.78 is 0.305.